The topological polar surface area (TPSA) is 99.0 Å². The lowest BCUT2D eigenvalue weighted by Gasteiger charge is -2.09. The third-order valence-electron chi connectivity index (χ3n) is 5.71. The maximum Gasteiger partial charge on any atom is 0.333 e. The number of imidazole rings is 1. The average Bonchev–Trinajstić information content (AvgIpc) is 3.70. The lowest BCUT2D eigenvalue weighted by atomic mass is 10.1. The normalized spacial score (nSPS) is 16.3. The Hall–Kier alpha value is -3.74. The van der Waals surface area contributed by atoms with Crippen LogP contribution in [0.5, 0.6) is 5.75 Å². The van der Waals surface area contributed by atoms with Gasteiger partial charge in [0.25, 0.3) is 5.56 Å². The van der Waals surface area contributed by atoms with Crippen molar-refractivity contribution in [3.63, 3.8) is 0 Å². The molecule has 1 unspecified atom stereocenters. The number of ether oxygens (including phenoxy) is 1. The molecule has 1 atom stereocenters. The molecule has 2 fully saturated rings. The van der Waals surface area contributed by atoms with Crippen molar-refractivity contribution in [2.24, 2.45) is 5.92 Å². The summed E-state index contributed by atoms with van der Waals surface area (Å²) >= 11 is 0. The highest BCUT2D eigenvalue weighted by molar-refractivity contribution is 5.75. The van der Waals surface area contributed by atoms with Crippen LogP contribution in [0.3, 0.4) is 0 Å². The lowest BCUT2D eigenvalue weighted by molar-refractivity contribution is -0.138. The molecule has 0 saturated heterocycles. The molecule has 1 aromatic carbocycles. The van der Waals surface area contributed by atoms with Crippen LogP contribution in [0.25, 0.3) is 11.2 Å². The maximum atomic E-state index is 13.3. The van der Waals surface area contributed by atoms with E-state index in [0.717, 1.165) is 43.9 Å². The van der Waals surface area contributed by atoms with Crippen molar-refractivity contribution >= 4 is 17.1 Å². The Morgan fingerprint density at radius 3 is 2.55 bits per heavy atom. The van der Waals surface area contributed by atoms with Gasteiger partial charge in [-0.2, -0.15) is 0 Å². The second-order valence-corrected chi connectivity index (χ2v) is 8.48. The van der Waals surface area contributed by atoms with Crippen molar-refractivity contribution in [1.29, 1.82) is 0 Å². The van der Waals surface area contributed by atoms with Crippen molar-refractivity contribution in [3.8, 4) is 17.6 Å². The quantitative estimate of drug-likeness (QED) is 0.363. The van der Waals surface area contributed by atoms with Crippen molar-refractivity contribution in [2.75, 3.05) is 0 Å². The van der Waals surface area contributed by atoms with Gasteiger partial charge in [-0.1, -0.05) is 12.8 Å². The molecule has 0 spiro atoms. The zero-order valence-corrected chi connectivity index (χ0v) is 17.7. The minimum Gasteiger partial charge on any atom is -0.426 e. The van der Waals surface area contributed by atoms with Gasteiger partial charge >= 0.3 is 11.7 Å². The summed E-state index contributed by atoms with van der Waals surface area (Å²) in [4.78, 5) is 45.2. The van der Waals surface area contributed by atoms with E-state index in [1.807, 2.05) is 0 Å². The summed E-state index contributed by atoms with van der Waals surface area (Å²) < 4.78 is 34.2. The number of carbonyl (C=O) groups is 1. The van der Waals surface area contributed by atoms with Gasteiger partial charge in [-0.25, -0.2) is 18.6 Å². The van der Waals surface area contributed by atoms with E-state index in [4.69, 9.17) is 4.74 Å². The SMILES string of the molecule is CC(CC#Cc1nc2c([nH]1)c(=O)n(C1CC1)c(=O)n2C1CC1)C(=O)Oc1ccc(F)c(F)c1. The van der Waals surface area contributed by atoms with E-state index >= 15 is 0 Å². The first-order valence-corrected chi connectivity index (χ1v) is 10.8. The standard InChI is InChI=1S/C23H20F2N4O4/c1-12(22(31)33-15-9-10-16(24)17(25)11-15)3-2-4-18-26-19-20(27-18)28(13-5-6-13)23(32)29(21(19)30)14-7-8-14/h9-14H,3,5-8H2,1H3,(H,26,27). The number of halogens is 2. The van der Waals surface area contributed by atoms with Gasteiger partial charge in [0.2, 0.25) is 0 Å². The fourth-order valence-corrected chi connectivity index (χ4v) is 3.61. The summed E-state index contributed by atoms with van der Waals surface area (Å²) in [6, 6.07) is 2.83. The Kier molecular flexibility index (Phi) is 5.12. The van der Waals surface area contributed by atoms with Crippen molar-refractivity contribution in [3.05, 3.63) is 56.5 Å². The summed E-state index contributed by atoms with van der Waals surface area (Å²) in [7, 11) is 0. The second-order valence-electron chi connectivity index (χ2n) is 8.48. The average molecular weight is 454 g/mol. The van der Waals surface area contributed by atoms with E-state index < -0.39 is 29.1 Å². The first-order valence-electron chi connectivity index (χ1n) is 10.8. The molecule has 0 amide bonds. The highest BCUT2D eigenvalue weighted by atomic mass is 19.2. The van der Waals surface area contributed by atoms with Gasteiger partial charge in [-0.05, 0) is 43.7 Å². The monoisotopic (exact) mass is 454 g/mol. The molecular weight excluding hydrogens is 434 g/mol. The predicted octanol–water partition coefficient (Wildman–Crippen LogP) is 2.82. The van der Waals surface area contributed by atoms with Gasteiger partial charge in [0, 0.05) is 24.6 Å². The molecule has 2 saturated carbocycles. The smallest absolute Gasteiger partial charge is 0.333 e. The van der Waals surface area contributed by atoms with Gasteiger partial charge in [0.1, 0.15) is 5.75 Å². The third kappa shape index (κ3) is 4.06. The Morgan fingerprint density at radius 2 is 1.88 bits per heavy atom. The van der Waals surface area contributed by atoms with Crippen LogP contribution in [-0.2, 0) is 4.79 Å². The molecular formula is C23H20F2N4O4. The number of nitrogens with one attached hydrogen (secondary N) is 1. The number of nitrogens with zero attached hydrogens (tertiary/aromatic N) is 3. The zero-order chi connectivity index (χ0) is 23.3. The van der Waals surface area contributed by atoms with Gasteiger partial charge in [0.05, 0.1) is 5.92 Å². The Bertz CT molecular complexity index is 1450. The minimum atomic E-state index is -1.11. The van der Waals surface area contributed by atoms with Crippen LogP contribution in [0.4, 0.5) is 8.78 Å². The molecule has 5 rings (SSSR count). The van der Waals surface area contributed by atoms with Gasteiger partial charge in [-0.3, -0.25) is 18.7 Å². The second kappa shape index (κ2) is 7.99. The summed E-state index contributed by atoms with van der Waals surface area (Å²) in [6.45, 7) is 1.59. The first kappa shape index (κ1) is 21.1. The molecule has 2 aliphatic carbocycles. The Morgan fingerprint density at radius 1 is 1.18 bits per heavy atom. The van der Waals surface area contributed by atoms with Crippen molar-refractivity contribution in [2.45, 2.75) is 51.1 Å². The molecule has 2 aromatic heterocycles. The van der Waals surface area contributed by atoms with E-state index in [0.29, 0.717) is 5.65 Å². The van der Waals surface area contributed by atoms with Crippen molar-refractivity contribution in [1.82, 2.24) is 19.1 Å². The number of aromatic nitrogens is 4. The van der Waals surface area contributed by atoms with Crippen molar-refractivity contribution < 1.29 is 18.3 Å². The Labute approximate surface area is 186 Å². The summed E-state index contributed by atoms with van der Waals surface area (Å²) in [5.41, 5.74) is -0.154. The summed E-state index contributed by atoms with van der Waals surface area (Å²) in [5, 5.41) is 0. The van der Waals surface area contributed by atoms with E-state index in [2.05, 4.69) is 21.8 Å². The van der Waals surface area contributed by atoms with Crippen LogP contribution >= 0.6 is 0 Å². The predicted molar refractivity (Wildman–Crippen MR) is 114 cm³/mol. The number of H-pyrrole nitrogens is 1. The highest BCUT2D eigenvalue weighted by Gasteiger charge is 2.34. The fraction of sp³-hybridized carbons (Fsp3) is 0.391. The number of hydrogen-bond acceptors (Lipinski definition) is 5. The molecule has 2 heterocycles. The van der Waals surface area contributed by atoms with Crippen LogP contribution in [0.1, 0.15) is 56.9 Å². The molecule has 8 nitrogen and oxygen atoms in total. The van der Waals surface area contributed by atoms with E-state index in [9.17, 15) is 23.2 Å². The van der Waals surface area contributed by atoms with Crippen LogP contribution < -0.4 is 16.0 Å². The molecule has 10 heteroatoms. The van der Waals surface area contributed by atoms with E-state index in [1.165, 1.54) is 4.57 Å². The number of hydrogen-bond donors (Lipinski definition) is 1. The number of aromatic amines is 1. The minimum absolute atomic E-state index is 0.0424. The van der Waals surface area contributed by atoms with Gasteiger partial charge in [-0.15, -0.1) is 0 Å². The number of esters is 1. The van der Waals surface area contributed by atoms with E-state index in [-0.39, 0.29) is 41.3 Å². The molecule has 2 aliphatic rings. The molecule has 0 bridgehead atoms. The first-order chi connectivity index (χ1) is 15.8. The fourth-order valence-electron chi connectivity index (χ4n) is 3.61. The maximum absolute atomic E-state index is 13.3. The van der Waals surface area contributed by atoms with Crippen LogP contribution in [-0.4, -0.2) is 25.1 Å². The molecule has 170 valence electrons. The number of carbonyl (C=O) groups excluding carboxylic acids is 1. The zero-order valence-electron chi connectivity index (χ0n) is 17.7. The molecule has 0 aliphatic heterocycles. The largest absolute Gasteiger partial charge is 0.426 e. The summed E-state index contributed by atoms with van der Waals surface area (Å²) in [5.74, 6) is 2.32. The van der Waals surface area contributed by atoms with Crippen LogP contribution in [0, 0.1) is 29.4 Å². The highest BCUT2D eigenvalue weighted by Crippen LogP contribution is 2.36. The van der Waals surface area contributed by atoms with Crippen LogP contribution in [0.15, 0.2) is 27.8 Å². The summed E-state index contributed by atoms with van der Waals surface area (Å²) in [6.07, 6.45) is 3.46. The lowest BCUT2D eigenvalue weighted by Crippen LogP contribution is -2.39. The molecule has 1 N–H and O–H groups in total. The number of benzene rings is 1. The number of rotatable bonds is 5. The van der Waals surface area contributed by atoms with Gasteiger partial charge in [0.15, 0.2) is 28.6 Å². The van der Waals surface area contributed by atoms with E-state index in [1.54, 1.807) is 11.5 Å². The number of fused-ring (bicyclic) bond motifs is 1. The van der Waals surface area contributed by atoms with Crippen LogP contribution in [0.2, 0.25) is 0 Å². The molecule has 0 radical (unpaired) electrons. The Balaban J connectivity index is 1.35. The molecule has 3 aromatic rings. The molecule has 33 heavy (non-hydrogen) atoms. The third-order valence-corrected chi connectivity index (χ3v) is 5.71. The van der Waals surface area contributed by atoms with Gasteiger partial charge < -0.3 is 9.72 Å².